The predicted molar refractivity (Wildman–Crippen MR) is 66.7 cm³/mol. The van der Waals surface area contributed by atoms with Crippen LogP contribution in [0.3, 0.4) is 0 Å². The van der Waals surface area contributed by atoms with E-state index in [-0.39, 0.29) is 11.6 Å². The zero-order chi connectivity index (χ0) is 14.5. The lowest BCUT2D eigenvalue weighted by atomic mass is 10.1. The Hall–Kier alpha value is -1.72. The standard InChI is InChI=1S/C13H17F3N2O/c1-3-9(2)17-12(19)18-11(13(14,15)16)10-7-5-4-6-8-10/h4-9,11H,3H2,1-2H3,(H2,17,18,19). The van der Waals surface area contributed by atoms with Gasteiger partial charge in [0.1, 0.15) is 0 Å². The fraction of sp³-hybridized carbons (Fsp3) is 0.462. The quantitative estimate of drug-likeness (QED) is 0.868. The van der Waals surface area contributed by atoms with Crippen LogP contribution in [0.1, 0.15) is 31.9 Å². The van der Waals surface area contributed by atoms with Crippen LogP contribution in [0.15, 0.2) is 30.3 Å². The number of carbonyl (C=O) groups excluding carboxylic acids is 1. The second kappa shape index (κ2) is 6.45. The zero-order valence-electron chi connectivity index (χ0n) is 10.8. The van der Waals surface area contributed by atoms with Crippen LogP contribution in [0.25, 0.3) is 0 Å². The van der Waals surface area contributed by atoms with Crippen molar-refractivity contribution in [2.45, 2.75) is 38.5 Å². The smallest absolute Gasteiger partial charge is 0.336 e. The Kier molecular flexibility index (Phi) is 5.20. The maximum atomic E-state index is 12.9. The van der Waals surface area contributed by atoms with Crippen molar-refractivity contribution in [2.24, 2.45) is 0 Å². The zero-order valence-corrected chi connectivity index (χ0v) is 10.8. The summed E-state index contributed by atoms with van der Waals surface area (Å²) in [4.78, 5) is 11.5. The number of alkyl halides is 3. The molecule has 2 atom stereocenters. The van der Waals surface area contributed by atoms with Crippen molar-refractivity contribution in [3.8, 4) is 0 Å². The summed E-state index contributed by atoms with van der Waals surface area (Å²) < 4.78 is 38.8. The van der Waals surface area contributed by atoms with E-state index in [1.165, 1.54) is 24.3 Å². The van der Waals surface area contributed by atoms with Gasteiger partial charge in [-0.25, -0.2) is 4.79 Å². The molecule has 3 nitrogen and oxygen atoms in total. The first-order valence-electron chi connectivity index (χ1n) is 6.03. The predicted octanol–water partition coefficient (Wildman–Crippen LogP) is 3.39. The molecule has 0 aliphatic carbocycles. The molecule has 2 unspecified atom stereocenters. The Morgan fingerprint density at radius 2 is 1.79 bits per heavy atom. The summed E-state index contributed by atoms with van der Waals surface area (Å²) in [6, 6.07) is 4.30. The topological polar surface area (TPSA) is 41.1 Å². The second-order valence-corrected chi connectivity index (χ2v) is 4.31. The third-order valence-electron chi connectivity index (χ3n) is 2.73. The lowest BCUT2D eigenvalue weighted by Crippen LogP contribution is -2.46. The van der Waals surface area contributed by atoms with E-state index in [0.717, 1.165) is 0 Å². The van der Waals surface area contributed by atoms with Gasteiger partial charge in [-0.15, -0.1) is 0 Å². The van der Waals surface area contributed by atoms with E-state index in [0.29, 0.717) is 6.42 Å². The number of benzene rings is 1. The molecule has 0 heterocycles. The van der Waals surface area contributed by atoms with Gasteiger partial charge in [-0.2, -0.15) is 13.2 Å². The van der Waals surface area contributed by atoms with Gasteiger partial charge in [0.2, 0.25) is 0 Å². The number of hydrogen-bond acceptors (Lipinski definition) is 1. The number of nitrogens with one attached hydrogen (secondary N) is 2. The van der Waals surface area contributed by atoms with Gasteiger partial charge in [0.15, 0.2) is 6.04 Å². The van der Waals surface area contributed by atoms with Gasteiger partial charge >= 0.3 is 12.2 Å². The minimum Gasteiger partial charge on any atom is -0.336 e. The molecule has 106 valence electrons. The molecule has 0 aliphatic heterocycles. The molecule has 2 N–H and O–H groups in total. The third-order valence-corrected chi connectivity index (χ3v) is 2.73. The van der Waals surface area contributed by atoms with Crippen molar-refractivity contribution in [3.63, 3.8) is 0 Å². The summed E-state index contributed by atoms with van der Waals surface area (Å²) >= 11 is 0. The molecule has 6 heteroatoms. The SMILES string of the molecule is CCC(C)NC(=O)NC(c1ccccc1)C(F)(F)F. The highest BCUT2D eigenvalue weighted by molar-refractivity contribution is 5.74. The van der Waals surface area contributed by atoms with Gasteiger partial charge in [0.05, 0.1) is 0 Å². The average Bonchev–Trinajstić information content (AvgIpc) is 2.35. The molecule has 1 rings (SSSR count). The van der Waals surface area contributed by atoms with E-state index in [1.54, 1.807) is 13.0 Å². The summed E-state index contributed by atoms with van der Waals surface area (Å²) in [7, 11) is 0. The minimum absolute atomic E-state index is 0.00861. The first-order valence-corrected chi connectivity index (χ1v) is 6.03. The Morgan fingerprint density at radius 1 is 1.21 bits per heavy atom. The van der Waals surface area contributed by atoms with Crippen LogP contribution in [-0.2, 0) is 0 Å². The normalized spacial score (nSPS) is 14.6. The molecule has 0 saturated heterocycles. The number of hydrogen-bond donors (Lipinski definition) is 2. The molecule has 1 aromatic carbocycles. The van der Waals surface area contributed by atoms with Crippen LogP contribution in [-0.4, -0.2) is 18.2 Å². The lowest BCUT2D eigenvalue weighted by Gasteiger charge is -2.23. The first-order chi connectivity index (χ1) is 8.84. The van der Waals surface area contributed by atoms with E-state index >= 15 is 0 Å². The molecular weight excluding hydrogens is 257 g/mol. The Labute approximate surface area is 110 Å². The number of urea groups is 1. The van der Waals surface area contributed by atoms with Crippen LogP contribution >= 0.6 is 0 Å². The molecule has 0 saturated carbocycles. The van der Waals surface area contributed by atoms with Crippen molar-refractivity contribution in [3.05, 3.63) is 35.9 Å². The number of rotatable bonds is 4. The summed E-state index contributed by atoms with van der Waals surface area (Å²) in [5.74, 6) is 0. The summed E-state index contributed by atoms with van der Waals surface area (Å²) in [5.41, 5.74) is 0.00861. The summed E-state index contributed by atoms with van der Waals surface area (Å²) in [5, 5.41) is 4.42. The highest BCUT2D eigenvalue weighted by atomic mass is 19.4. The Bertz CT molecular complexity index is 406. The highest BCUT2D eigenvalue weighted by Gasteiger charge is 2.41. The highest BCUT2D eigenvalue weighted by Crippen LogP contribution is 2.32. The molecule has 0 spiro atoms. The fourth-order valence-corrected chi connectivity index (χ4v) is 1.50. The monoisotopic (exact) mass is 274 g/mol. The maximum Gasteiger partial charge on any atom is 0.412 e. The van der Waals surface area contributed by atoms with Crippen LogP contribution < -0.4 is 10.6 Å². The van der Waals surface area contributed by atoms with E-state index in [4.69, 9.17) is 0 Å². The van der Waals surface area contributed by atoms with E-state index < -0.39 is 18.2 Å². The number of carbonyl (C=O) groups is 1. The van der Waals surface area contributed by atoms with Crippen molar-refractivity contribution in [1.82, 2.24) is 10.6 Å². The fourth-order valence-electron chi connectivity index (χ4n) is 1.50. The van der Waals surface area contributed by atoms with Crippen molar-refractivity contribution in [1.29, 1.82) is 0 Å². The van der Waals surface area contributed by atoms with Crippen LogP contribution in [0.4, 0.5) is 18.0 Å². The van der Waals surface area contributed by atoms with Crippen LogP contribution in [0, 0.1) is 0 Å². The van der Waals surface area contributed by atoms with Crippen molar-refractivity contribution in [2.75, 3.05) is 0 Å². The number of amides is 2. The summed E-state index contributed by atoms with van der Waals surface area (Å²) in [6.07, 6.45) is -3.89. The molecule has 0 aromatic heterocycles. The molecule has 0 aliphatic rings. The molecule has 2 amide bonds. The maximum absolute atomic E-state index is 12.9. The van der Waals surface area contributed by atoms with Gasteiger partial charge in [0, 0.05) is 6.04 Å². The molecule has 0 bridgehead atoms. The second-order valence-electron chi connectivity index (χ2n) is 4.31. The molecule has 0 fully saturated rings. The van der Waals surface area contributed by atoms with Crippen LogP contribution in [0.2, 0.25) is 0 Å². The first kappa shape index (κ1) is 15.3. The van der Waals surface area contributed by atoms with Gasteiger partial charge in [0.25, 0.3) is 0 Å². The third kappa shape index (κ3) is 4.81. The van der Waals surface area contributed by atoms with Gasteiger partial charge in [-0.1, -0.05) is 37.3 Å². The van der Waals surface area contributed by atoms with Gasteiger partial charge in [-0.05, 0) is 18.9 Å². The van der Waals surface area contributed by atoms with Gasteiger partial charge in [-0.3, -0.25) is 0 Å². The molecule has 0 radical (unpaired) electrons. The van der Waals surface area contributed by atoms with E-state index in [1.807, 2.05) is 12.2 Å². The Morgan fingerprint density at radius 3 is 2.26 bits per heavy atom. The largest absolute Gasteiger partial charge is 0.412 e. The number of halogens is 3. The van der Waals surface area contributed by atoms with E-state index in [9.17, 15) is 18.0 Å². The molecule has 1 aromatic rings. The van der Waals surface area contributed by atoms with Crippen LogP contribution in [0.5, 0.6) is 0 Å². The minimum atomic E-state index is -4.53. The van der Waals surface area contributed by atoms with Crippen molar-refractivity contribution >= 4 is 6.03 Å². The van der Waals surface area contributed by atoms with E-state index in [2.05, 4.69) is 5.32 Å². The van der Waals surface area contributed by atoms with Gasteiger partial charge < -0.3 is 10.6 Å². The molecule has 19 heavy (non-hydrogen) atoms. The molecular formula is C13H17F3N2O. The summed E-state index contributed by atoms with van der Waals surface area (Å²) in [6.45, 7) is 3.56. The van der Waals surface area contributed by atoms with Crippen molar-refractivity contribution < 1.29 is 18.0 Å². The lowest BCUT2D eigenvalue weighted by molar-refractivity contribution is -0.155. The average molecular weight is 274 g/mol. The Balaban J connectivity index is 2.80.